The molecule has 1 aromatic carbocycles. The lowest BCUT2D eigenvalue weighted by Crippen LogP contribution is -2.33. The highest BCUT2D eigenvalue weighted by atomic mass is 35.5. The van der Waals surface area contributed by atoms with Gasteiger partial charge in [-0.15, -0.1) is 0 Å². The fraction of sp³-hybridized carbons (Fsp3) is 0.562. The van der Waals surface area contributed by atoms with Crippen molar-refractivity contribution in [2.75, 3.05) is 0 Å². The summed E-state index contributed by atoms with van der Waals surface area (Å²) in [4.78, 5) is 12.3. The van der Waals surface area contributed by atoms with E-state index in [1.54, 1.807) is 0 Å². The van der Waals surface area contributed by atoms with Gasteiger partial charge in [0.15, 0.2) is 5.78 Å². The number of benzene rings is 1. The maximum absolute atomic E-state index is 12.3. The Hall–Kier alpha value is -0.820. The Morgan fingerprint density at radius 3 is 2.94 bits per heavy atom. The van der Waals surface area contributed by atoms with Crippen molar-refractivity contribution in [2.24, 2.45) is 5.41 Å². The van der Waals surface area contributed by atoms with Gasteiger partial charge in [-0.3, -0.25) is 4.79 Å². The Bertz CT molecular complexity index is 494. The second-order valence-electron chi connectivity index (χ2n) is 6.14. The monoisotopic (exact) mass is 262 g/mol. The summed E-state index contributed by atoms with van der Waals surface area (Å²) in [6.07, 6.45) is 6.94. The molecule has 0 aromatic heterocycles. The van der Waals surface area contributed by atoms with Gasteiger partial charge >= 0.3 is 0 Å². The molecule has 2 aliphatic carbocycles. The molecule has 0 saturated heterocycles. The molecule has 0 heterocycles. The van der Waals surface area contributed by atoms with Crippen LogP contribution < -0.4 is 0 Å². The van der Waals surface area contributed by atoms with Crippen molar-refractivity contribution in [1.82, 2.24) is 0 Å². The molecule has 0 N–H and O–H groups in total. The fourth-order valence-corrected chi connectivity index (χ4v) is 4.04. The highest BCUT2D eigenvalue weighted by molar-refractivity contribution is 6.30. The number of fused-ring (bicyclic) bond motifs is 3. The van der Waals surface area contributed by atoms with Crippen LogP contribution in [-0.2, 0) is 0 Å². The first-order valence-electron chi connectivity index (χ1n) is 6.93. The summed E-state index contributed by atoms with van der Waals surface area (Å²) in [5.41, 5.74) is 2.29. The maximum atomic E-state index is 12.3. The van der Waals surface area contributed by atoms with E-state index in [4.69, 9.17) is 11.6 Å². The normalized spacial score (nSPS) is 31.4. The van der Waals surface area contributed by atoms with Gasteiger partial charge in [0.1, 0.15) is 0 Å². The van der Waals surface area contributed by atoms with E-state index in [-0.39, 0.29) is 5.41 Å². The number of rotatable bonds is 0. The number of carbonyl (C=O) groups excluding carboxylic acids is 1. The highest BCUT2D eigenvalue weighted by Crippen LogP contribution is 2.52. The highest BCUT2D eigenvalue weighted by Gasteiger charge is 2.43. The van der Waals surface area contributed by atoms with Crippen molar-refractivity contribution in [3.8, 4) is 0 Å². The Balaban J connectivity index is 2.13. The van der Waals surface area contributed by atoms with Gasteiger partial charge in [-0.2, -0.15) is 0 Å². The third-order valence-corrected chi connectivity index (χ3v) is 5.07. The van der Waals surface area contributed by atoms with E-state index in [0.717, 1.165) is 10.6 Å². The minimum atomic E-state index is 0.158. The molecule has 0 unspecified atom stereocenters. The predicted octanol–water partition coefficient (Wildman–Crippen LogP) is 4.98. The minimum Gasteiger partial charge on any atom is -0.294 e. The van der Waals surface area contributed by atoms with Gasteiger partial charge < -0.3 is 0 Å². The zero-order chi connectivity index (χ0) is 12.8. The van der Waals surface area contributed by atoms with Crippen molar-refractivity contribution in [2.45, 2.75) is 51.4 Å². The van der Waals surface area contributed by atoms with E-state index in [9.17, 15) is 4.79 Å². The molecule has 1 nitrogen and oxygen atoms in total. The summed E-state index contributed by atoms with van der Waals surface area (Å²) in [7, 11) is 0. The summed E-state index contributed by atoms with van der Waals surface area (Å²) in [6, 6.07) is 5.80. The van der Waals surface area contributed by atoms with Crippen LogP contribution in [0.25, 0.3) is 0 Å². The van der Waals surface area contributed by atoms with E-state index < -0.39 is 0 Å². The largest absolute Gasteiger partial charge is 0.294 e. The summed E-state index contributed by atoms with van der Waals surface area (Å²) >= 11 is 6.13. The lowest BCUT2D eigenvalue weighted by atomic mass is 9.62. The molecule has 0 aliphatic heterocycles. The minimum absolute atomic E-state index is 0.158. The summed E-state index contributed by atoms with van der Waals surface area (Å²) < 4.78 is 0. The van der Waals surface area contributed by atoms with Crippen molar-refractivity contribution < 1.29 is 4.79 Å². The van der Waals surface area contributed by atoms with Crippen molar-refractivity contribution in [3.05, 3.63) is 34.3 Å². The molecular weight excluding hydrogens is 244 g/mol. The SMILES string of the molecule is C[C@@]12CCCCC[C@@H]1c1cc(Cl)ccc1C(=O)C2. The van der Waals surface area contributed by atoms with Crippen LogP contribution in [0.15, 0.2) is 18.2 Å². The van der Waals surface area contributed by atoms with Gasteiger partial charge in [-0.1, -0.05) is 37.8 Å². The van der Waals surface area contributed by atoms with Gasteiger partial charge in [0.05, 0.1) is 0 Å². The lowest BCUT2D eigenvalue weighted by Gasteiger charge is -2.41. The van der Waals surface area contributed by atoms with Gasteiger partial charge in [-0.05, 0) is 47.9 Å². The third kappa shape index (κ3) is 1.89. The topological polar surface area (TPSA) is 17.1 Å². The van der Waals surface area contributed by atoms with Gasteiger partial charge in [-0.25, -0.2) is 0 Å². The molecular formula is C16H19ClO. The molecule has 3 rings (SSSR count). The van der Waals surface area contributed by atoms with E-state index in [1.807, 2.05) is 18.2 Å². The van der Waals surface area contributed by atoms with Crippen molar-refractivity contribution in [1.29, 1.82) is 0 Å². The van der Waals surface area contributed by atoms with Gasteiger partial charge in [0.2, 0.25) is 0 Å². The number of halogens is 1. The van der Waals surface area contributed by atoms with Crippen LogP contribution in [0.4, 0.5) is 0 Å². The fourth-order valence-electron chi connectivity index (χ4n) is 3.86. The molecule has 0 radical (unpaired) electrons. The molecule has 2 atom stereocenters. The molecule has 18 heavy (non-hydrogen) atoms. The van der Waals surface area contributed by atoms with Crippen LogP contribution >= 0.6 is 11.6 Å². The van der Waals surface area contributed by atoms with Crippen molar-refractivity contribution >= 4 is 17.4 Å². The molecule has 0 spiro atoms. The average Bonchev–Trinajstić information content (AvgIpc) is 2.50. The number of carbonyl (C=O) groups is 1. The Morgan fingerprint density at radius 2 is 2.11 bits per heavy atom. The van der Waals surface area contributed by atoms with Crippen LogP contribution in [0, 0.1) is 5.41 Å². The Kier molecular flexibility index (Phi) is 2.97. The van der Waals surface area contributed by atoms with Crippen LogP contribution in [0.1, 0.15) is 67.3 Å². The molecule has 1 fully saturated rings. The molecule has 2 aliphatic rings. The zero-order valence-electron chi connectivity index (χ0n) is 10.8. The second-order valence-corrected chi connectivity index (χ2v) is 6.57. The number of Topliss-reactive ketones (excluding diaryl/α,β-unsaturated/α-hetero) is 1. The van der Waals surface area contributed by atoms with Gasteiger partial charge in [0, 0.05) is 17.0 Å². The average molecular weight is 263 g/mol. The van der Waals surface area contributed by atoms with Crippen molar-refractivity contribution in [3.63, 3.8) is 0 Å². The number of hydrogen-bond acceptors (Lipinski definition) is 1. The number of ketones is 1. The summed E-state index contributed by atoms with van der Waals surface area (Å²) in [6.45, 7) is 2.30. The van der Waals surface area contributed by atoms with Crippen LogP contribution in [0.3, 0.4) is 0 Å². The summed E-state index contributed by atoms with van der Waals surface area (Å²) in [5, 5.41) is 0.759. The zero-order valence-corrected chi connectivity index (χ0v) is 11.6. The van der Waals surface area contributed by atoms with Crippen LogP contribution in [-0.4, -0.2) is 5.78 Å². The standard InChI is InChI=1S/C16H19ClO/c1-16-8-4-2-3-5-14(16)13-9-11(17)6-7-12(13)15(18)10-16/h6-7,9,14H,2-5,8,10H2,1H3/t14-,16+/m1/s1. The smallest absolute Gasteiger partial charge is 0.163 e. The Morgan fingerprint density at radius 1 is 1.28 bits per heavy atom. The number of hydrogen-bond donors (Lipinski definition) is 0. The molecule has 0 bridgehead atoms. The molecule has 96 valence electrons. The Labute approximate surface area is 114 Å². The van der Waals surface area contributed by atoms with Gasteiger partial charge in [0.25, 0.3) is 0 Å². The first kappa shape index (κ1) is 12.2. The van der Waals surface area contributed by atoms with Crippen LogP contribution in [0.5, 0.6) is 0 Å². The predicted molar refractivity (Wildman–Crippen MR) is 74.3 cm³/mol. The quantitative estimate of drug-likeness (QED) is 0.644. The molecule has 1 saturated carbocycles. The first-order valence-corrected chi connectivity index (χ1v) is 7.31. The first-order chi connectivity index (χ1) is 8.60. The molecule has 0 amide bonds. The second kappa shape index (κ2) is 4.38. The molecule has 1 aromatic rings. The van der Waals surface area contributed by atoms with E-state index in [2.05, 4.69) is 6.92 Å². The van der Waals surface area contributed by atoms with E-state index >= 15 is 0 Å². The lowest BCUT2D eigenvalue weighted by molar-refractivity contribution is 0.0852. The third-order valence-electron chi connectivity index (χ3n) is 4.84. The maximum Gasteiger partial charge on any atom is 0.163 e. The van der Waals surface area contributed by atoms with Crippen LogP contribution in [0.2, 0.25) is 5.02 Å². The molecule has 2 heteroatoms. The summed E-state index contributed by atoms with van der Waals surface area (Å²) in [5.74, 6) is 0.828. The van der Waals surface area contributed by atoms with E-state index in [1.165, 1.54) is 37.7 Å². The van der Waals surface area contributed by atoms with E-state index in [0.29, 0.717) is 18.1 Å².